The number of halogens is 2. The Morgan fingerprint density at radius 1 is 1.15 bits per heavy atom. The van der Waals surface area contributed by atoms with Gasteiger partial charge >= 0.3 is 0 Å². The van der Waals surface area contributed by atoms with Crippen LogP contribution in [0.25, 0.3) is 0 Å². The third-order valence-electron chi connectivity index (χ3n) is 2.38. The fourth-order valence-electron chi connectivity index (χ4n) is 1.17. The number of benzene rings is 1. The molecular formula is C11H13Cl2. The monoisotopic (exact) mass is 215 g/mol. The van der Waals surface area contributed by atoms with Gasteiger partial charge in [0.15, 0.2) is 0 Å². The molecule has 0 amide bonds. The molecule has 1 aromatic rings. The van der Waals surface area contributed by atoms with E-state index in [-0.39, 0.29) is 0 Å². The van der Waals surface area contributed by atoms with E-state index in [4.69, 9.17) is 23.2 Å². The van der Waals surface area contributed by atoms with Gasteiger partial charge in [-0.15, -0.1) is 0 Å². The van der Waals surface area contributed by atoms with E-state index in [9.17, 15) is 0 Å². The Kier molecular flexibility index (Phi) is 3.63. The highest BCUT2D eigenvalue weighted by atomic mass is 35.5. The van der Waals surface area contributed by atoms with Crippen LogP contribution in [0.15, 0.2) is 12.1 Å². The van der Waals surface area contributed by atoms with Gasteiger partial charge in [0.05, 0.1) is 10.0 Å². The zero-order valence-corrected chi connectivity index (χ0v) is 9.58. The summed E-state index contributed by atoms with van der Waals surface area (Å²) < 4.78 is 0. The summed E-state index contributed by atoms with van der Waals surface area (Å²) in [4.78, 5) is 0. The molecule has 1 atom stereocenters. The lowest BCUT2D eigenvalue weighted by Crippen LogP contribution is -2.02. The van der Waals surface area contributed by atoms with Crippen LogP contribution in [0.1, 0.15) is 32.3 Å². The summed E-state index contributed by atoms with van der Waals surface area (Å²) in [6.45, 7) is 6.51. The first-order valence-corrected chi connectivity index (χ1v) is 5.15. The van der Waals surface area contributed by atoms with Crippen molar-refractivity contribution >= 4 is 23.2 Å². The molecule has 0 saturated carbocycles. The van der Waals surface area contributed by atoms with Crippen molar-refractivity contribution in [3.63, 3.8) is 0 Å². The van der Waals surface area contributed by atoms with Crippen LogP contribution in [-0.2, 0) is 0 Å². The van der Waals surface area contributed by atoms with E-state index in [2.05, 4.69) is 26.8 Å². The van der Waals surface area contributed by atoms with Crippen molar-refractivity contribution in [1.29, 1.82) is 0 Å². The Labute approximate surface area is 89.9 Å². The molecule has 0 aliphatic carbocycles. The van der Waals surface area contributed by atoms with Crippen LogP contribution in [0.5, 0.6) is 0 Å². The van der Waals surface area contributed by atoms with Crippen molar-refractivity contribution in [1.82, 2.24) is 0 Å². The minimum Gasteiger partial charge on any atom is -0.0836 e. The summed E-state index contributed by atoms with van der Waals surface area (Å²) >= 11 is 11.8. The number of rotatable bonds is 2. The van der Waals surface area contributed by atoms with Crippen LogP contribution in [0.4, 0.5) is 0 Å². The number of hydrogen-bond donors (Lipinski definition) is 0. The molecule has 71 valence electrons. The summed E-state index contributed by atoms with van der Waals surface area (Å²) in [7, 11) is 0. The number of hydrogen-bond acceptors (Lipinski definition) is 0. The average Bonchev–Trinajstić information content (AvgIpc) is 2.03. The highest BCUT2D eigenvalue weighted by Gasteiger charge is 2.13. The fourth-order valence-corrected chi connectivity index (χ4v) is 1.71. The molecule has 2 heteroatoms. The Hall–Kier alpha value is -0.200. The molecule has 13 heavy (non-hydrogen) atoms. The summed E-state index contributed by atoms with van der Waals surface area (Å²) in [5, 5.41) is 1.22. The SMILES string of the molecule is CC(C)C(C)c1ccc(Cl)[c]c1Cl. The standard InChI is InChI=1S/C11H13Cl2/c1-7(2)8(3)10-5-4-9(12)6-11(10)13/h4-5,7-8H,1-3H3. The smallest absolute Gasteiger partial charge is 0.0535 e. The minimum atomic E-state index is 0.445. The molecule has 0 saturated heterocycles. The van der Waals surface area contributed by atoms with Crippen molar-refractivity contribution in [3.05, 3.63) is 33.8 Å². The Balaban J connectivity index is 3.01. The van der Waals surface area contributed by atoms with Crippen LogP contribution in [0, 0.1) is 12.0 Å². The van der Waals surface area contributed by atoms with E-state index in [1.54, 1.807) is 0 Å². The molecule has 1 aromatic carbocycles. The van der Waals surface area contributed by atoms with Gasteiger partial charge in [-0.05, 0) is 23.5 Å². The van der Waals surface area contributed by atoms with E-state index in [0.29, 0.717) is 21.9 Å². The van der Waals surface area contributed by atoms with Gasteiger partial charge < -0.3 is 0 Å². The highest BCUT2D eigenvalue weighted by molar-refractivity contribution is 6.34. The van der Waals surface area contributed by atoms with Gasteiger partial charge in [-0.2, -0.15) is 0 Å². The second-order valence-electron chi connectivity index (χ2n) is 3.61. The summed E-state index contributed by atoms with van der Waals surface area (Å²) in [6.07, 6.45) is 0. The van der Waals surface area contributed by atoms with Crippen LogP contribution in [-0.4, -0.2) is 0 Å². The van der Waals surface area contributed by atoms with Crippen molar-refractivity contribution in [2.45, 2.75) is 26.7 Å². The summed E-state index contributed by atoms with van der Waals surface area (Å²) in [5.41, 5.74) is 1.13. The van der Waals surface area contributed by atoms with Crippen molar-refractivity contribution in [2.24, 2.45) is 5.92 Å². The van der Waals surface area contributed by atoms with Gasteiger partial charge in [-0.25, -0.2) is 0 Å². The van der Waals surface area contributed by atoms with E-state index in [1.165, 1.54) is 0 Å². The lowest BCUT2D eigenvalue weighted by molar-refractivity contribution is 0.535. The maximum absolute atomic E-state index is 6.03. The van der Waals surface area contributed by atoms with Crippen molar-refractivity contribution in [3.8, 4) is 0 Å². The lowest BCUT2D eigenvalue weighted by atomic mass is 9.90. The molecule has 0 aliphatic rings. The van der Waals surface area contributed by atoms with E-state index in [0.717, 1.165) is 5.56 Å². The average molecular weight is 216 g/mol. The van der Waals surface area contributed by atoms with Crippen LogP contribution in [0.3, 0.4) is 0 Å². The Bertz CT molecular complexity index is 292. The fraction of sp³-hybridized carbons (Fsp3) is 0.455. The molecule has 0 aliphatic heterocycles. The highest BCUT2D eigenvalue weighted by Crippen LogP contribution is 2.30. The molecule has 0 fully saturated rings. The van der Waals surface area contributed by atoms with Gasteiger partial charge in [-0.3, -0.25) is 0 Å². The van der Waals surface area contributed by atoms with Crippen LogP contribution >= 0.6 is 23.2 Å². The zero-order chi connectivity index (χ0) is 10.0. The predicted octanol–water partition coefficient (Wildman–Crippen LogP) is 4.55. The van der Waals surface area contributed by atoms with Gasteiger partial charge in [0.25, 0.3) is 0 Å². The van der Waals surface area contributed by atoms with Gasteiger partial charge in [-0.1, -0.05) is 50.0 Å². The summed E-state index contributed by atoms with van der Waals surface area (Å²) in [5.74, 6) is 1.02. The molecule has 0 bridgehead atoms. The molecule has 0 spiro atoms. The second kappa shape index (κ2) is 4.34. The second-order valence-corrected chi connectivity index (χ2v) is 4.39. The minimum absolute atomic E-state index is 0.445. The predicted molar refractivity (Wildman–Crippen MR) is 58.6 cm³/mol. The molecule has 1 rings (SSSR count). The molecule has 0 heterocycles. The van der Waals surface area contributed by atoms with E-state index < -0.39 is 0 Å². The topological polar surface area (TPSA) is 0 Å². The zero-order valence-electron chi connectivity index (χ0n) is 8.07. The maximum Gasteiger partial charge on any atom is 0.0535 e. The van der Waals surface area contributed by atoms with Gasteiger partial charge in [0, 0.05) is 6.07 Å². The first-order chi connectivity index (χ1) is 6.02. The third-order valence-corrected chi connectivity index (χ3v) is 2.92. The third kappa shape index (κ3) is 2.62. The molecule has 0 N–H and O–H groups in total. The molecule has 1 radical (unpaired) electrons. The Morgan fingerprint density at radius 2 is 1.77 bits per heavy atom. The Morgan fingerprint density at radius 3 is 2.23 bits per heavy atom. The van der Waals surface area contributed by atoms with Gasteiger partial charge in [0.2, 0.25) is 0 Å². The van der Waals surface area contributed by atoms with Crippen molar-refractivity contribution in [2.75, 3.05) is 0 Å². The molecular weight excluding hydrogens is 203 g/mol. The summed E-state index contributed by atoms with van der Waals surface area (Å²) in [6, 6.07) is 6.72. The molecule has 1 unspecified atom stereocenters. The normalized spacial score (nSPS) is 13.4. The van der Waals surface area contributed by atoms with E-state index in [1.807, 2.05) is 12.1 Å². The molecule has 0 nitrogen and oxygen atoms in total. The van der Waals surface area contributed by atoms with E-state index >= 15 is 0 Å². The van der Waals surface area contributed by atoms with Crippen LogP contribution in [0.2, 0.25) is 10.0 Å². The van der Waals surface area contributed by atoms with Crippen molar-refractivity contribution < 1.29 is 0 Å². The maximum atomic E-state index is 6.03. The first kappa shape index (κ1) is 10.9. The van der Waals surface area contributed by atoms with Crippen LogP contribution < -0.4 is 0 Å². The van der Waals surface area contributed by atoms with Gasteiger partial charge in [0.1, 0.15) is 0 Å². The molecule has 0 aromatic heterocycles. The quantitative estimate of drug-likeness (QED) is 0.680. The first-order valence-electron chi connectivity index (χ1n) is 4.39. The largest absolute Gasteiger partial charge is 0.0836 e. The lowest BCUT2D eigenvalue weighted by Gasteiger charge is -2.17.